The van der Waals surface area contributed by atoms with Crippen LogP contribution in [0.25, 0.3) is 0 Å². The van der Waals surface area contributed by atoms with Gasteiger partial charge in [-0.3, -0.25) is 9.88 Å². The van der Waals surface area contributed by atoms with Crippen molar-refractivity contribution >= 4 is 0 Å². The summed E-state index contributed by atoms with van der Waals surface area (Å²) < 4.78 is 0. The predicted octanol–water partition coefficient (Wildman–Crippen LogP) is 3.36. The van der Waals surface area contributed by atoms with Crippen molar-refractivity contribution in [3.05, 3.63) is 30.1 Å². The molecule has 2 fully saturated rings. The monoisotopic (exact) mass is 287 g/mol. The average molecular weight is 287 g/mol. The summed E-state index contributed by atoms with van der Waals surface area (Å²) in [7, 11) is 0. The van der Waals surface area contributed by atoms with E-state index in [0.29, 0.717) is 5.54 Å². The van der Waals surface area contributed by atoms with Crippen LogP contribution in [0.15, 0.2) is 24.5 Å². The number of hydrogen-bond acceptors (Lipinski definition) is 3. The lowest BCUT2D eigenvalue weighted by Crippen LogP contribution is -2.69. The van der Waals surface area contributed by atoms with Gasteiger partial charge in [-0.2, -0.15) is 0 Å². The van der Waals surface area contributed by atoms with Crippen LogP contribution in [0.4, 0.5) is 0 Å². The maximum Gasteiger partial charge on any atom is 0.0338 e. The van der Waals surface area contributed by atoms with Gasteiger partial charge >= 0.3 is 0 Å². The molecule has 2 aliphatic rings. The first-order valence-electron chi connectivity index (χ1n) is 8.55. The number of nitrogens with one attached hydrogen (secondary N) is 1. The lowest BCUT2D eigenvalue weighted by atomic mass is 9.76. The maximum atomic E-state index is 4.16. The molecule has 1 aliphatic heterocycles. The van der Waals surface area contributed by atoms with Gasteiger partial charge in [-0.05, 0) is 43.9 Å². The highest BCUT2D eigenvalue weighted by molar-refractivity contribution is 5.13. The normalized spacial score (nSPS) is 29.6. The van der Waals surface area contributed by atoms with Crippen LogP contribution in [0.1, 0.15) is 57.9 Å². The Balaban J connectivity index is 1.82. The minimum Gasteiger partial charge on any atom is -0.308 e. The van der Waals surface area contributed by atoms with Gasteiger partial charge < -0.3 is 5.32 Å². The summed E-state index contributed by atoms with van der Waals surface area (Å²) in [5.41, 5.74) is 2.04. The Labute approximate surface area is 129 Å². The molecule has 3 rings (SSSR count). The highest BCUT2D eigenvalue weighted by Gasteiger charge is 2.45. The van der Waals surface area contributed by atoms with Gasteiger partial charge in [0.05, 0.1) is 0 Å². The Morgan fingerprint density at radius 2 is 1.90 bits per heavy atom. The van der Waals surface area contributed by atoms with E-state index in [2.05, 4.69) is 41.2 Å². The smallest absolute Gasteiger partial charge is 0.0338 e. The number of pyridine rings is 1. The zero-order chi connectivity index (χ0) is 14.8. The third-order valence-electron chi connectivity index (χ3n) is 5.74. The highest BCUT2D eigenvalue weighted by atomic mass is 15.3. The summed E-state index contributed by atoms with van der Waals surface area (Å²) >= 11 is 0. The van der Waals surface area contributed by atoms with Gasteiger partial charge in [-0.1, -0.05) is 26.2 Å². The van der Waals surface area contributed by atoms with Gasteiger partial charge in [-0.25, -0.2) is 0 Å². The van der Waals surface area contributed by atoms with Crippen LogP contribution >= 0.6 is 0 Å². The van der Waals surface area contributed by atoms with E-state index in [0.717, 1.165) is 19.6 Å². The molecule has 1 aliphatic carbocycles. The fourth-order valence-corrected chi connectivity index (χ4v) is 4.01. The number of nitrogens with zero attached hydrogens (tertiary/aromatic N) is 2. The van der Waals surface area contributed by atoms with E-state index < -0.39 is 0 Å². The number of piperazine rings is 1. The van der Waals surface area contributed by atoms with Crippen molar-refractivity contribution in [2.45, 2.75) is 70.0 Å². The molecule has 1 saturated carbocycles. The SMILES string of the molecule is CCC1(C)CN(Cc2ccncc2)C2(CCCCC2)CN1. The third-order valence-corrected chi connectivity index (χ3v) is 5.74. The van der Waals surface area contributed by atoms with E-state index in [1.165, 1.54) is 44.1 Å². The van der Waals surface area contributed by atoms with Crippen molar-refractivity contribution in [3.63, 3.8) is 0 Å². The minimum atomic E-state index is 0.260. The van der Waals surface area contributed by atoms with Crippen LogP contribution in [-0.4, -0.2) is 34.1 Å². The molecule has 116 valence electrons. The average Bonchev–Trinajstić information content (AvgIpc) is 2.54. The molecule has 1 saturated heterocycles. The molecule has 1 aromatic rings. The van der Waals surface area contributed by atoms with Gasteiger partial charge in [0.15, 0.2) is 0 Å². The van der Waals surface area contributed by atoms with Gasteiger partial charge in [0.1, 0.15) is 0 Å². The zero-order valence-electron chi connectivity index (χ0n) is 13.6. The molecule has 0 amide bonds. The second-order valence-corrected chi connectivity index (χ2v) is 7.26. The topological polar surface area (TPSA) is 28.2 Å². The summed E-state index contributed by atoms with van der Waals surface area (Å²) in [4.78, 5) is 6.94. The van der Waals surface area contributed by atoms with Crippen molar-refractivity contribution in [2.24, 2.45) is 0 Å². The number of rotatable bonds is 3. The molecular weight excluding hydrogens is 258 g/mol. The molecule has 1 spiro atoms. The van der Waals surface area contributed by atoms with Crippen LogP contribution in [0.5, 0.6) is 0 Å². The number of hydrogen-bond donors (Lipinski definition) is 1. The Morgan fingerprint density at radius 3 is 2.57 bits per heavy atom. The first-order chi connectivity index (χ1) is 10.2. The summed E-state index contributed by atoms with van der Waals surface area (Å²) in [6.07, 6.45) is 11.9. The van der Waals surface area contributed by atoms with Crippen molar-refractivity contribution in [1.82, 2.24) is 15.2 Å². The Kier molecular flexibility index (Phi) is 4.32. The highest BCUT2D eigenvalue weighted by Crippen LogP contribution is 2.38. The standard InChI is InChI=1S/C18H29N3/c1-3-17(2)15-21(13-16-7-11-19-12-8-16)18(14-20-17)9-5-4-6-10-18/h7-8,11-12,20H,3-6,9-10,13-15H2,1-2H3. The van der Waals surface area contributed by atoms with Crippen molar-refractivity contribution < 1.29 is 0 Å². The lowest BCUT2D eigenvalue weighted by molar-refractivity contribution is -0.0216. The number of aromatic nitrogens is 1. The van der Waals surface area contributed by atoms with Gasteiger partial charge in [0, 0.05) is 43.1 Å². The Hall–Kier alpha value is -0.930. The quantitative estimate of drug-likeness (QED) is 0.924. The molecule has 0 radical (unpaired) electrons. The van der Waals surface area contributed by atoms with Crippen LogP contribution in [0.3, 0.4) is 0 Å². The minimum absolute atomic E-state index is 0.260. The predicted molar refractivity (Wildman–Crippen MR) is 87.2 cm³/mol. The van der Waals surface area contributed by atoms with Gasteiger partial charge in [0.2, 0.25) is 0 Å². The van der Waals surface area contributed by atoms with Crippen LogP contribution in [-0.2, 0) is 6.54 Å². The maximum absolute atomic E-state index is 4.16. The first-order valence-corrected chi connectivity index (χ1v) is 8.55. The lowest BCUT2D eigenvalue weighted by Gasteiger charge is -2.55. The van der Waals surface area contributed by atoms with E-state index in [4.69, 9.17) is 0 Å². The van der Waals surface area contributed by atoms with E-state index >= 15 is 0 Å². The fraction of sp³-hybridized carbons (Fsp3) is 0.722. The van der Waals surface area contributed by atoms with Crippen LogP contribution < -0.4 is 5.32 Å². The Morgan fingerprint density at radius 1 is 1.19 bits per heavy atom. The summed E-state index contributed by atoms with van der Waals surface area (Å²) in [6, 6.07) is 4.34. The molecule has 0 bridgehead atoms. The van der Waals surface area contributed by atoms with Crippen molar-refractivity contribution in [2.75, 3.05) is 13.1 Å². The van der Waals surface area contributed by atoms with E-state index in [-0.39, 0.29) is 5.54 Å². The van der Waals surface area contributed by atoms with Crippen molar-refractivity contribution in [1.29, 1.82) is 0 Å². The summed E-state index contributed by atoms with van der Waals surface area (Å²) in [6.45, 7) is 8.06. The Bertz CT molecular complexity index is 453. The second kappa shape index (κ2) is 6.05. The van der Waals surface area contributed by atoms with Gasteiger partial charge in [0.25, 0.3) is 0 Å². The van der Waals surface area contributed by atoms with Crippen LogP contribution in [0.2, 0.25) is 0 Å². The van der Waals surface area contributed by atoms with Gasteiger partial charge in [-0.15, -0.1) is 0 Å². The molecule has 1 atom stereocenters. The van der Waals surface area contributed by atoms with E-state index in [1.54, 1.807) is 0 Å². The third kappa shape index (κ3) is 3.14. The van der Waals surface area contributed by atoms with Crippen LogP contribution in [0, 0.1) is 0 Å². The molecule has 1 N–H and O–H groups in total. The summed E-state index contributed by atoms with van der Waals surface area (Å²) in [5, 5.41) is 3.87. The van der Waals surface area contributed by atoms with E-state index in [1.807, 2.05) is 12.4 Å². The molecule has 2 heterocycles. The molecular formula is C18H29N3. The molecule has 3 heteroatoms. The zero-order valence-corrected chi connectivity index (χ0v) is 13.6. The fourth-order valence-electron chi connectivity index (χ4n) is 4.01. The molecule has 3 nitrogen and oxygen atoms in total. The molecule has 1 aromatic heterocycles. The molecule has 0 aromatic carbocycles. The summed E-state index contributed by atoms with van der Waals surface area (Å²) in [5.74, 6) is 0. The van der Waals surface area contributed by atoms with Crippen molar-refractivity contribution in [3.8, 4) is 0 Å². The molecule has 21 heavy (non-hydrogen) atoms. The second-order valence-electron chi connectivity index (χ2n) is 7.26. The largest absolute Gasteiger partial charge is 0.308 e. The first kappa shape index (κ1) is 15.0. The molecule has 1 unspecified atom stereocenters. The van der Waals surface area contributed by atoms with E-state index in [9.17, 15) is 0 Å².